The van der Waals surface area contributed by atoms with E-state index in [1.807, 2.05) is 24.3 Å². The van der Waals surface area contributed by atoms with Crippen molar-refractivity contribution in [3.05, 3.63) is 35.4 Å². The fraction of sp³-hybridized carbons (Fsp3) is 0.704. The smallest absolute Gasteiger partial charge is 0.305 e. The average molecular weight is 445 g/mol. The van der Waals surface area contributed by atoms with Crippen LogP contribution < -0.4 is 0 Å². The zero-order chi connectivity index (χ0) is 23.1. The number of unbranched alkanes of at least 4 members (excludes halogenated alkanes) is 3. The molecule has 2 saturated carbocycles. The molecule has 2 N–H and O–H groups in total. The van der Waals surface area contributed by atoms with Crippen molar-refractivity contribution in [3.8, 4) is 0 Å². The Morgan fingerprint density at radius 2 is 1.84 bits per heavy atom. The molecule has 0 amide bonds. The number of methoxy groups -OCH3 is 1. The third kappa shape index (κ3) is 5.60. The highest BCUT2D eigenvalue weighted by Gasteiger charge is 2.44. The summed E-state index contributed by atoms with van der Waals surface area (Å²) in [7, 11) is 1.41. The summed E-state index contributed by atoms with van der Waals surface area (Å²) >= 11 is 0. The predicted octanol–water partition coefficient (Wildman–Crippen LogP) is 5.24. The Morgan fingerprint density at radius 1 is 1.16 bits per heavy atom. The van der Waals surface area contributed by atoms with Crippen LogP contribution in [0.5, 0.6) is 0 Å². The standard InChI is InChI=1S/C27H40O5/c1-3-15-27(16-8-17-27)26(31)20-13-11-19(12-14-20)25-21(22(28)18-23(25)29)9-6-4-5-7-10-24(30)32-2/h11-14,21,23,25-26,29,31H,3-10,15-18H2,1-2H3/t21-,23+,25+,26?/m0/s1. The van der Waals surface area contributed by atoms with Crippen LogP contribution in [0.15, 0.2) is 24.3 Å². The van der Waals surface area contributed by atoms with Gasteiger partial charge in [0.2, 0.25) is 0 Å². The summed E-state index contributed by atoms with van der Waals surface area (Å²) in [4.78, 5) is 23.8. The molecule has 0 aromatic heterocycles. The van der Waals surface area contributed by atoms with Crippen molar-refractivity contribution in [2.45, 2.75) is 102 Å². The number of esters is 1. The molecule has 1 aromatic carbocycles. The topological polar surface area (TPSA) is 83.8 Å². The van der Waals surface area contributed by atoms with Gasteiger partial charge >= 0.3 is 5.97 Å². The summed E-state index contributed by atoms with van der Waals surface area (Å²) in [6.45, 7) is 2.17. The number of aliphatic hydroxyl groups excluding tert-OH is 2. The van der Waals surface area contributed by atoms with Crippen LogP contribution in [0.4, 0.5) is 0 Å². The van der Waals surface area contributed by atoms with Gasteiger partial charge in [-0.25, -0.2) is 0 Å². The Labute approximate surface area is 192 Å². The number of Topliss-reactive ketones (excluding diaryl/α,β-unsaturated/α-hetero) is 1. The number of benzene rings is 1. The maximum absolute atomic E-state index is 12.6. The number of ketones is 1. The summed E-state index contributed by atoms with van der Waals surface area (Å²) in [6, 6.07) is 8.00. The summed E-state index contributed by atoms with van der Waals surface area (Å²) in [5.41, 5.74) is 1.96. The first-order chi connectivity index (χ1) is 15.4. The van der Waals surface area contributed by atoms with Gasteiger partial charge in [-0.1, -0.05) is 63.3 Å². The molecule has 5 heteroatoms. The molecule has 1 unspecified atom stereocenters. The van der Waals surface area contributed by atoms with Crippen LogP contribution in [0.3, 0.4) is 0 Å². The molecule has 2 aliphatic rings. The third-order valence-electron chi connectivity index (χ3n) is 7.86. The fourth-order valence-electron chi connectivity index (χ4n) is 5.88. The second-order valence-corrected chi connectivity index (χ2v) is 9.93. The van der Waals surface area contributed by atoms with E-state index in [1.165, 1.54) is 13.5 Å². The number of carbonyl (C=O) groups is 2. The van der Waals surface area contributed by atoms with E-state index in [1.54, 1.807) is 0 Å². The van der Waals surface area contributed by atoms with Crippen LogP contribution in [0, 0.1) is 11.3 Å². The Balaban J connectivity index is 1.58. The van der Waals surface area contributed by atoms with E-state index in [4.69, 9.17) is 0 Å². The maximum Gasteiger partial charge on any atom is 0.305 e. The lowest BCUT2D eigenvalue weighted by atomic mass is 9.61. The lowest BCUT2D eigenvalue weighted by Crippen LogP contribution is -2.36. The molecule has 178 valence electrons. The normalized spacial score (nSPS) is 25.4. The van der Waals surface area contributed by atoms with Gasteiger partial charge in [0.1, 0.15) is 5.78 Å². The molecule has 0 aliphatic heterocycles. The highest BCUT2D eigenvalue weighted by atomic mass is 16.5. The molecule has 2 aliphatic carbocycles. The van der Waals surface area contributed by atoms with Crippen LogP contribution >= 0.6 is 0 Å². The second kappa shape index (κ2) is 11.4. The van der Waals surface area contributed by atoms with Gasteiger partial charge < -0.3 is 14.9 Å². The van der Waals surface area contributed by atoms with Crippen molar-refractivity contribution in [3.63, 3.8) is 0 Å². The third-order valence-corrected chi connectivity index (χ3v) is 7.86. The van der Waals surface area contributed by atoms with E-state index in [2.05, 4.69) is 11.7 Å². The Kier molecular flexibility index (Phi) is 8.89. The van der Waals surface area contributed by atoms with Crippen molar-refractivity contribution in [1.82, 2.24) is 0 Å². The van der Waals surface area contributed by atoms with Crippen LogP contribution in [0.25, 0.3) is 0 Å². The first kappa shape index (κ1) is 24.9. The molecule has 0 bridgehead atoms. The van der Waals surface area contributed by atoms with Crippen LogP contribution in [0.1, 0.15) is 107 Å². The van der Waals surface area contributed by atoms with E-state index in [9.17, 15) is 19.8 Å². The molecule has 4 atom stereocenters. The Hall–Kier alpha value is -1.72. The van der Waals surface area contributed by atoms with Gasteiger partial charge in [-0.05, 0) is 43.2 Å². The monoisotopic (exact) mass is 444 g/mol. The van der Waals surface area contributed by atoms with E-state index in [0.717, 1.165) is 68.9 Å². The number of carbonyl (C=O) groups excluding carboxylic acids is 2. The molecule has 5 nitrogen and oxygen atoms in total. The van der Waals surface area contributed by atoms with E-state index < -0.39 is 12.2 Å². The van der Waals surface area contributed by atoms with Gasteiger partial charge in [0.15, 0.2) is 0 Å². The zero-order valence-electron chi connectivity index (χ0n) is 19.7. The molecular weight excluding hydrogens is 404 g/mol. The minimum absolute atomic E-state index is 0.0233. The molecule has 2 fully saturated rings. The summed E-state index contributed by atoms with van der Waals surface area (Å²) < 4.78 is 4.66. The molecule has 0 spiro atoms. The molecule has 0 saturated heterocycles. The quantitative estimate of drug-likeness (QED) is 0.340. The van der Waals surface area contributed by atoms with Gasteiger partial charge in [0.05, 0.1) is 19.3 Å². The number of hydrogen-bond donors (Lipinski definition) is 2. The number of ether oxygens (including phenoxy) is 1. The molecule has 32 heavy (non-hydrogen) atoms. The van der Waals surface area contributed by atoms with Crippen LogP contribution in [0.2, 0.25) is 0 Å². The molecule has 0 heterocycles. The minimum Gasteiger partial charge on any atom is -0.469 e. The summed E-state index contributed by atoms with van der Waals surface area (Å²) in [5.74, 6) is -0.348. The minimum atomic E-state index is -0.638. The molecular formula is C27H40O5. The van der Waals surface area contributed by atoms with Crippen molar-refractivity contribution < 1.29 is 24.5 Å². The average Bonchev–Trinajstić information content (AvgIpc) is 3.05. The van der Waals surface area contributed by atoms with Gasteiger partial charge in [0.25, 0.3) is 0 Å². The van der Waals surface area contributed by atoms with Crippen molar-refractivity contribution >= 4 is 11.8 Å². The van der Waals surface area contributed by atoms with Crippen molar-refractivity contribution in [2.24, 2.45) is 11.3 Å². The van der Waals surface area contributed by atoms with E-state index in [0.29, 0.717) is 6.42 Å². The molecule has 1 aromatic rings. The summed E-state index contributed by atoms with van der Waals surface area (Å²) in [5, 5.41) is 21.6. The van der Waals surface area contributed by atoms with Gasteiger partial charge in [-0.2, -0.15) is 0 Å². The van der Waals surface area contributed by atoms with E-state index >= 15 is 0 Å². The predicted molar refractivity (Wildman–Crippen MR) is 124 cm³/mol. The Morgan fingerprint density at radius 3 is 2.44 bits per heavy atom. The van der Waals surface area contributed by atoms with Gasteiger partial charge in [-0.3, -0.25) is 9.59 Å². The summed E-state index contributed by atoms with van der Waals surface area (Å²) in [6.07, 6.45) is 9.47. The lowest BCUT2D eigenvalue weighted by Gasteiger charge is -2.46. The highest BCUT2D eigenvalue weighted by molar-refractivity contribution is 5.85. The number of aliphatic hydroxyl groups is 2. The zero-order valence-corrected chi connectivity index (χ0v) is 19.7. The largest absolute Gasteiger partial charge is 0.469 e. The highest BCUT2D eigenvalue weighted by Crippen LogP contribution is 2.53. The van der Waals surface area contributed by atoms with Crippen LogP contribution in [-0.4, -0.2) is 35.2 Å². The van der Waals surface area contributed by atoms with Crippen molar-refractivity contribution in [2.75, 3.05) is 7.11 Å². The first-order valence-corrected chi connectivity index (χ1v) is 12.5. The SMILES string of the molecule is CCCC1(C(O)c2ccc([C@H]3[C@H](O)CC(=O)[C@@H]3CCCCCCC(=O)OC)cc2)CCC1. The Bertz CT molecular complexity index is 752. The first-order valence-electron chi connectivity index (χ1n) is 12.5. The fourth-order valence-corrected chi connectivity index (χ4v) is 5.88. The number of hydrogen-bond acceptors (Lipinski definition) is 5. The number of rotatable bonds is 12. The van der Waals surface area contributed by atoms with Gasteiger partial charge in [-0.15, -0.1) is 0 Å². The van der Waals surface area contributed by atoms with Crippen molar-refractivity contribution in [1.29, 1.82) is 0 Å². The second-order valence-electron chi connectivity index (χ2n) is 9.93. The molecule has 3 rings (SSSR count). The lowest BCUT2D eigenvalue weighted by molar-refractivity contribution is -0.140. The van der Waals surface area contributed by atoms with E-state index in [-0.39, 0.29) is 35.4 Å². The van der Waals surface area contributed by atoms with Crippen LogP contribution in [-0.2, 0) is 14.3 Å². The maximum atomic E-state index is 12.6. The van der Waals surface area contributed by atoms with Gasteiger partial charge in [0, 0.05) is 30.1 Å². The molecule has 0 radical (unpaired) electrons.